The average Bonchev–Trinajstić information content (AvgIpc) is 0.811. The second-order valence-electron chi connectivity index (χ2n) is 0.257. The van der Waals surface area contributed by atoms with Crippen LogP contribution in [0.25, 0.3) is 0 Å². The summed E-state index contributed by atoms with van der Waals surface area (Å²) in [7, 11) is 0. The minimum atomic E-state index is -1.98. The molecule has 0 N–H and O–H groups in total. The fourth-order valence-electron chi connectivity index (χ4n) is 0. The van der Waals surface area contributed by atoms with E-state index in [1.807, 2.05) is 0 Å². The topological polar surface area (TPSA) is 34.1 Å². The van der Waals surface area contributed by atoms with Gasteiger partial charge in [0.05, 0.1) is 0 Å². The van der Waals surface area contributed by atoms with Crippen molar-refractivity contribution in [1.29, 1.82) is 0 Å². The van der Waals surface area contributed by atoms with E-state index in [0.717, 1.165) is 0 Å². The Morgan fingerprint density at radius 2 is 1.50 bits per heavy atom. The third kappa shape index (κ3) is 13.9. The zero-order valence-electron chi connectivity index (χ0n) is 1.76. The van der Waals surface area contributed by atoms with Crippen LogP contribution >= 0.6 is 4.80 Å². The molecule has 0 aromatic heterocycles. The molecule has 4 heteroatoms. The Morgan fingerprint density at radius 1 is 1.50 bits per heavy atom. The summed E-state index contributed by atoms with van der Waals surface area (Å²) in [6, 6.07) is 0. The molecule has 0 atom stereocenters. The van der Waals surface area contributed by atoms with Crippen LogP contribution < -0.4 is 0 Å². The number of hydrogen-bond donors (Lipinski definition) is 0. The van der Waals surface area contributed by atoms with Gasteiger partial charge in [-0.25, -0.2) is 0 Å². The minimum absolute atomic E-state index is 0.302. The van der Waals surface area contributed by atoms with E-state index in [2.05, 4.69) is 0 Å². The third-order valence-electron chi connectivity index (χ3n) is 0. The summed E-state index contributed by atoms with van der Waals surface area (Å²) >= 11 is 0.302. The molecule has 2 nitrogen and oxygen atoms in total. The Balaban J connectivity index is 3.51. The van der Waals surface area contributed by atoms with Crippen molar-refractivity contribution in [1.82, 2.24) is 0 Å². The first-order valence-corrected chi connectivity index (χ1v) is 6.98. The van der Waals surface area contributed by atoms with E-state index in [0.29, 0.717) is 25.2 Å². The summed E-state index contributed by atoms with van der Waals surface area (Å²) in [5.74, 6) is 0. The standard InChI is InChI=1S/O2P.Pb/c1-3-2;. The van der Waals surface area contributed by atoms with E-state index in [1.54, 1.807) is 0 Å². The van der Waals surface area contributed by atoms with Crippen molar-refractivity contribution in [3.63, 3.8) is 0 Å². The van der Waals surface area contributed by atoms with Gasteiger partial charge >= 0.3 is 39.1 Å². The maximum absolute atomic E-state index is 9.10. The quantitative estimate of drug-likeness (QED) is 0.467. The fraction of sp³-hybridized carbons (Fsp3) is 0. The van der Waals surface area contributed by atoms with Crippen molar-refractivity contribution in [3.05, 3.63) is 0 Å². The molecule has 0 saturated carbocycles. The molecule has 0 aliphatic heterocycles. The van der Waals surface area contributed by atoms with Gasteiger partial charge < -0.3 is 0 Å². The van der Waals surface area contributed by atoms with Crippen LogP contribution in [0.4, 0.5) is 0 Å². The van der Waals surface area contributed by atoms with Gasteiger partial charge in [-0.2, -0.15) is 0 Å². The van der Waals surface area contributed by atoms with Crippen LogP contribution in [-0.4, -0.2) is 25.2 Å². The summed E-state index contributed by atoms with van der Waals surface area (Å²) in [5, 5.41) is 0. The molecular formula is O2PPb. The average molecular weight is 270 g/mol. The zero-order chi connectivity index (χ0) is 3.58. The molecule has 4 heavy (non-hydrogen) atoms. The molecule has 0 aliphatic rings. The van der Waals surface area contributed by atoms with Crippen molar-refractivity contribution in [2.24, 2.45) is 0 Å². The molecule has 21 valence electrons. The van der Waals surface area contributed by atoms with Crippen LogP contribution in [-0.2, 0) is 9.13 Å². The van der Waals surface area contributed by atoms with Crippen molar-refractivity contribution >= 4 is 30.0 Å². The van der Waals surface area contributed by atoms with E-state index in [-0.39, 0.29) is 0 Å². The Kier molecular flexibility index (Phi) is 2.51. The van der Waals surface area contributed by atoms with Crippen LogP contribution in [0.3, 0.4) is 0 Å². The first-order chi connectivity index (χ1) is 1.73. The molecule has 0 amide bonds. The van der Waals surface area contributed by atoms with E-state index in [4.69, 9.17) is 9.13 Å². The van der Waals surface area contributed by atoms with Crippen molar-refractivity contribution in [3.8, 4) is 0 Å². The summed E-state index contributed by atoms with van der Waals surface area (Å²) < 4.78 is 18.2. The van der Waals surface area contributed by atoms with E-state index in [1.165, 1.54) is 0 Å². The monoisotopic (exact) mass is 271 g/mol. The van der Waals surface area contributed by atoms with Crippen molar-refractivity contribution in [2.45, 2.75) is 0 Å². The second-order valence-corrected chi connectivity index (χ2v) is 5.03. The van der Waals surface area contributed by atoms with Crippen LogP contribution in [0, 0.1) is 0 Å². The molecule has 0 fully saturated rings. The third-order valence-corrected chi connectivity index (χ3v) is 0. The summed E-state index contributed by atoms with van der Waals surface area (Å²) in [6.07, 6.45) is 0. The Bertz CT molecular complexity index is 54.4. The van der Waals surface area contributed by atoms with Gasteiger partial charge in [0, 0.05) is 0 Å². The summed E-state index contributed by atoms with van der Waals surface area (Å²) in [6.45, 7) is 0. The Labute approximate surface area is 39.3 Å². The van der Waals surface area contributed by atoms with Gasteiger partial charge in [-0.1, -0.05) is 0 Å². The SMILES string of the molecule is O=[P](=O)[Pb]. The van der Waals surface area contributed by atoms with E-state index in [9.17, 15) is 0 Å². The Hall–Kier alpha value is 0.822. The van der Waals surface area contributed by atoms with Gasteiger partial charge in [0.1, 0.15) is 0 Å². The van der Waals surface area contributed by atoms with Crippen LogP contribution in [0.5, 0.6) is 0 Å². The van der Waals surface area contributed by atoms with Crippen LogP contribution in [0.1, 0.15) is 0 Å². The first kappa shape index (κ1) is 4.82. The Morgan fingerprint density at radius 3 is 1.50 bits per heavy atom. The van der Waals surface area contributed by atoms with Gasteiger partial charge in [-0.15, -0.1) is 0 Å². The van der Waals surface area contributed by atoms with Crippen LogP contribution in [0.2, 0.25) is 0 Å². The number of rotatable bonds is 0. The molecule has 0 saturated heterocycles. The number of hydrogen-bond acceptors (Lipinski definition) is 2. The van der Waals surface area contributed by atoms with Gasteiger partial charge in [-0.05, 0) is 0 Å². The van der Waals surface area contributed by atoms with Gasteiger partial charge in [0.2, 0.25) is 0 Å². The normalized spacial score (nSPS) is 6.25. The van der Waals surface area contributed by atoms with Gasteiger partial charge in [0.25, 0.3) is 0 Å². The fourth-order valence-corrected chi connectivity index (χ4v) is 0. The molecular weight excluding hydrogens is 270 g/mol. The zero-order valence-corrected chi connectivity index (χ0v) is 6.55. The molecule has 0 aromatic carbocycles. The van der Waals surface area contributed by atoms with Gasteiger partial charge in [-0.3, -0.25) is 0 Å². The van der Waals surface area contributed by atoms with Crippen LogP contribution in [0.15, 0.2) is 0 Å². The maximum atomic E-state index is 9.10. The molecule has 0 aromatic rings. The predicted molar refractivity (Wildman–Crippen MR) is 14.0 cm³/mol. The van der Waals surface area contributed by atoms with Crippen molar-refractivity contribution in [2.75, 3.05) is 0 Å². The predicted octanol–water partition coefficient (Wildman–Crippen LogP) is 0.243. The molecule has 3 radical (unpaired) electrons. The summed E-state index contributed by atoms with van der Waals surface area (Å²) in [5.41, 5.74) is 0. The molecule has 0 unspecified atom stereocenters. The van der Waals surface area contributed by atoms with E-state index < -0.39 is 4.80 Å². The first-order valence-electron chi connectivity index (χ1n) is 0.589. The molecule has 0 heterocycles. The van der Waals surface area contributed by atoms with E-state index >= 15 is 0 Å². The molecule has 0 spiro atoms. The summed E-state index contributed by atoms with van der Waals surface area (Å²) in [4.78, 5) is -1.98. The van der Waals surface area contributed by atoms with Gasteiger partial charge in [0.15, 0.2) is 0 Å². The second kappa shape index (κ2) is 2.08. The van der Waals surface area contributed by atoms with Crippen molar-refractivity contribution < 1.29 is 9.13 Å². The molecule has 0 rings (SSSR count). The molecule has 0 aliphatic carbocycles. The molecule has 0 bridgehead atoms.